The lowest BCUT2D eigenvalue weighted by atomic mass is 9.94. The van der Waals surface area contributed by atoms with Crippen LogP contribution in [0.4, 0.5) is 10.5 Å². The van der Waals surface area contributed by atoms with Crippen molar-refractivity contribution in [3.05, 3.63) is 34.6 Å². The van der Waals surface area contributed by atoms with E-state index in [1.54, 1.807) is 6.20 Å². The topological polar surface area (TPSA) is 83.8 Å². The summed E-state index contributed by atoms with van der Waals surface area (Å²) in [6.07, 6.45) is 4.67. The molecule has 0 bridgehead atoms. The van der Waals surface area contributed by atoms with Crippen LogP contribution < -0.4 is 20.4 Å². The Hall–Kier alpha value is -2.54. The van der Waals surface area contributed by atoms with Gasteiger partial charge in [0.2, 0.25) is 5.43 Å². The third-order valence-electron chi connectivity index (χ3n) is 6.09. The van der Waals surface area contributed by atoms with E-state index in [2.05, 4.69) is 16.3 Å². The summed E-state index contributed by atoms with van der Waals surface area (Å²) in [6, 6.07) is 6.73. The van der Waals surface area contributed by atoms with Gasteiger partial charge in [0, 0.05) is 36.2 Å². The molecule has 3 aliphatic rings. The molecule has 3 fully saturated rings. The summed E-state index contributed by atoms with van der Waals surface area (Å²) in [5.74, 6) is 0.567. The van der Waals surface area contributed by atoms with Gasteiger partial charge in [-0.25, -0.2) is 4.79 Å². The molecule has 2 N–H and O–H groups in total. The van der Waals surface area contributed by atoms with Crippen LogP contribution in [-0.2, 0) is 0 Å². The minimum absolute atomic E-state index is 0.119. The van der Waals surface area contributed by atoms with Gasteiger partial charge >= 0.3 is 6.16 Å². The molecule has 0 spiro atoms. The van der Waals surface area contributed by atoms with E-state index in [0.717, 1.165) is 43.7 Å². The van der Waals surface area contributed by atoms with Gasteiger partial charge in [-0.1, -0.05) is 0 Å². The standard InChI is InChI=1S/C20H23N3O4/c24-19-15-6-5-14(22-9-12-2-1-7-21-16(12)10-22)8-17(15)23(13-3-4-13)11-18(19)27-20(25)26/h5-6,8,11-13,16,21H,1-4,7,9-10H2,(H,25,26). The van der Waals surface area contributed by atoms with Gasteiger partial charge in [-0.15, -0.1) is 0 Å². The maximum Gasteiger partial charge on any atom is 0.511 e. The largest absolute Gasteiger partial charge is 0.511 e. The van der Waals surface area contributed by atoms with Crippen LogP contribution in [0.15, 0.2) is 29.2 Å². The Kier molecular flexibility index (Phi) is 3.86. The third kappa shape index (κ3) is 2.96. The van der Waals surface area contributed by atoms with Crippen LogP contribution in [0.2, 0.25) is 0 Å². The fourth-order valence-corrected chi connectivity index (χ4v) is 4.59. The van der Waals surface area contributed by atoms with Gasteiger partial charge in [0.25, 0.3) is 0 Å². The van der Waals surface area contributed by atoms with Gasteiger partial charge in [0.05, 0.1) is 11.7 Å². The molecule has 142 valence electrons. The Balaban J connectivity index is 1.56. The number of fused-ring (bicyclic) bond motifs is 2. The minimum atomic E-state index is -1.46. The molecule has 3 heterocycles. The first-order valence-corrected chi connectivity index (χ1v) is 9.68. The molecule has 0 radical (unpaired) electrons. The highest BCUT2D eigenvalue weighted by Crippen LogP contribution is 2.39. The smallest absolute Gasteiger partial charge is 0.449 e. The molecule has 2 unspecified atom stereocenters. The second-order valence-electron chi connectivity index (χ2n) is 7.90. The molecular formula is C20H23N3O4. The molecule has 2 aromatic rings. The second-order valence-corrected chi connectivity index (χ2v) is 7.90. The number of nitrogens with one attached hydrogen (secondary N) is 1. The fourth-order valence-electron chi connectivity index (χ4n) is 4.59. The number of rotatable bonds is 3. The van der Waals surface area contributed by atoms with E-state index in [1.807, 2.05) is 16.7 Å². The SMILES string of the molecule is O=C(O)Oc1cn(C2CC2)c2cc(N3CC4CCCNC4C3)ccc2c1=O. The zero-order chi connectivity index (χ0) is 18.5. The Morgan fingerprint density at radius 3 is 2.81 bits per heavy atom. The van der Waals surface area contributed by atoms with E-state index in [1.165, 1.54) is 12.8 Å². The van der Waals surface area contributed by atoms with Crippen LogP contribution in [-0.4, -0.2) is 41.5 Å². The highest BCUT2D eigenvalue weighted by atomic mass is 16.7. The molecule has 1 aromatic heterocycles. The van der Waals surface area contributed by atoms with E-state index in [-0.39, 0.29) is 11.2 Å². The molecular weight excluding hydrogens is 346 g/mol. The number of aromatic nitrogens is 1. The number of anilines is 1. The number of pyridine rings is 1. The van der Waals surface area contributed by atoms with Crippen LogP contribution in [0.1, 0.15) is 31.7 Å². The summed E-state index contributed by atoms with van der Waals surface area (Å²) in [6.45, 7) is 3.13. The normalized spacial score (nSPS) is 24.8. The summed E-state index contributed by atoms with van der Waals surface area (Å²) >= 11 is 0. The first kappa shape index (κ1) is 16.6. The zero-order valence-corrected chi connectivity index (χ0v) is 15.1. The minimum Gasteiger partial charge on any atom is -0.449 e. The van der Waals surface area contributed by atoms with Crippen molar-refractivity contribution in [1.82, 2.24) is 9.88 Å². The lowest BCUT2D eigenvalue weighted by molar-refractivity contribution is 0.143. The molecule has 1 aromatic carbocycles. The number of carboxylic acid groups (broad SMARTS) is 1. The molecule has 5 rings (SSSR count). The fraction of sp³-hybridized carbons (Fsp3) is 0.500. The number of benzene rings is 1. The van der Waals surface area contributed by atoms with Gasteiger partial charge in [-0.3, -0.25) is 4.79 Å². The maximum absolute atomic E-state index is 12.7. The van der Waals surface area contributed by atoms with Crippen LogP contribution >= 0.6 is 0 Å². The van der Waals surface area contributed by atoms with Crippen molar-refractivity contribution in [1.29, 1.82) is 0 Å². The van der Waals surface area contributed by atoms with E-state index in [4.69, 9.17) is 9.84 Å². The van der Waals surface area contributed by atoms with Crippen molar-refractivity contribution in [3.63, 3.8) is 0 Å². The van der Waals surface area contributed by atoms with Crippen molar-refractivity contribution in [3.8, 4) is 5.75 Å². The summed E-state index contributed by atoms with van der Waals surface area (Å²) in [7, 11) is 0. The van der Waals surface area contributed by atoms with E-state index in [0.29, 0.717) is 23.4 Å². The molecule has 7 heteroatoms. The highest BCUT2D eigenvalue weighted by Gasteiger charge is 2.34. The van der Waals surface area contributed by atoms with Gasteiger partial charge in [0.1, 0.15) is 0 Å². The van der Waals surface area contributed by atoms with Gasteiger partial charge in [-0.05, 0) is 56.3 Å². The lowest BCUT2D eigenvalue weighted by Gasteiger charge is -2.24. The number of carbonyl (C=O) groups is 1. The molecule has 2 atom stereocenters. The van der Waals surface area contributed by atoms with Crippen molar-refractivity contribution < 1.29 is 14.6 Å². The average molecular weight is 369 g/mol. The van der Waals surface area contributed by atoms with Crippen LogP contribution in [0.3, 0.4) is 0 Å². The van der Waals surface area contributed by atoms with Gasteiger partial charge in [-0.2, -0.15) is 0 Å². The summed E-state index contributed by atoms with van der Waals surface area (Å²) in [4.78, 5) is 26.0. The predicted molar refractivity (Wildman–Crippen MR) is 102 cm³/mol. The van der Waals surface area contributed by atoms with Crippen LogP contribution in [0.5, 0.6) is 5.75 Å². The summed E-state index contributed by atoms with van der Waals surface area (Å²) in [5.41, 5.74) is 1.62. The van der Waals surface area contributed by atoms with Crippen LogP contribution in [0, 0.1) is 5.92 Å². The van der Waals surface area contributed by atoms with Crippen molar-refractivity contribution in [2.24, 2.45) is 5.92 Å². The Morgan fingerprint density at radius 1 is 1.22 bits per heavy atom. The van der Waals surface area contributed by atoms with E-state index < -0.39 is 6.16 Å². The van der Waals surface area contributed by atoms with Crippen LogP contribution in [0.25, 0.3) is 10.9 Å². The predicted octanol–water partition coefficient (Wildman–Crippen LogP) is 2.58. The quantitative estimate of drug-likeness (QED) is 0.809. The molecule has 0 amide bonds. The molecule has 7 nitrogen and oxygen atoms in total. The summed E-state index contributed by atoms with van der Waals surface area (Å²) in [5, 5.41) is 13.1. The van der Waals surface area contributed by atoms with E-state index in [9.17, 15) is 9.59 Å². The first-order chi connectivity index (χ1) is 13.1. The molecule has 2 aliphatic heterocycles. The Labute approximate surface area is 156 Å². The zero-order valence-electron chi connectivity index (χ0n) is 15.1. The molecule has 2 saturated heterocycles. The number of ether oxygens (including phenoxy) is 1. The second kappa shape index (κ2) is 6.27. The molecule has 1 saturated carbocycles. The number of hydrogen-bond donors (Lipinski definition) is 2. The van der Waals surface area contributed by atoms with Crippen molar-refractivity contribution in [2.45, 2.75) is 37.8 Å². The number of piperidine rings is 1. The van der Waals surface area contributed by atoms with Gasteiger partial charge < -0.3 is 24.6 Å². The van der Waals surface area contributed by atoms with Crippen molar-refractivity contribution in [2.75, 3.05) is 24.5 Å². The average Bonchev–Trinajstić information content (AvgIpc) is 3.41. The number of nitrogens with zero attached hydrogens (tertiary/aromatic N) is 2. The molecule has 27 heavy (non-hydrogen) atoms. The van der Waals surface area contributed by atoms with Gasteiger partial charge in [0.15, 0.2) is 5.75 Å². The van der Waals surface area contributed by atoms with E-state index >= 15 is 0 Å². The maximum atomic E-state index is 12.7. The highest BCUT2D eigenvalue weighted by molar-refractivity contribution is 5.84. The summed E-state index contributed by atoms with van der Waals surface area (Å²) < 4.78 is 6.74. The number of hydrogen-bond acceptors (Lipinski definition) is 5. The Bertz CT molecular complexity index is 952. The third-order valence-corrected chi connectivity index (χ3v) is 6.09. The monoisotopic (exact) mass is 369 g/mol. The first-order valence-electron chi connectivity index (χ1n) is 9.68. The van der Waals surface area contributed by atoms with Crippen molar-refractivity contribution >= 4 is 22.7 Å². The lowest BCUT2D eigenvalue weighted by Crippen LogP contribution is -2.40. The molecule has 1 aliphatic carbocycles. The Morgan fingerprint density at radius 2 is 2.07 bits per heavy atom.